The number of esters is 1. The molecule has 0 bridgehead atoms. The fourth-order valence-corrected chi connectivity index (χ4v) is 12.4. The van der Waals surface area contributed by atoms with Crippen LogP contribution in [-0.4, -0.2) is 23.1 Å². The van der Waals surface area contributed by atoms with Crippen molar-refractivity contribution in [1.29, 1.82) is 0 Å². The molecule has 216 valence electrons. The third-order valence-corrected chi connectivity index (χ3v) is 14.4. The van der Waals surface area contributed by atoms with Crippen LogP contribution in [0.3, 0.4) is 0 Å². The van der Waals surface area contributed by atoms with Crippen LogP contribution in [0.1, 0.15) is 132 Å². The largest absolute Gasteiger partial charge is 0.481 e. The number of fused-ring (bicyclic) bond motifs is 7. The molecular weight excluding hydrogens is 472 g/mol. The van der Waals surface area contributed by atoms with Crippen molar-refractivity contribution < 1.29 is 19.4 Å². The van der Waals surface area contributed by atoms with Crippen LogP contribution in [0, 0.1) is 62.6 Å². The van der Waals surface area contributed by atoms with Crippen LogP contribution in [0.25, 0.3) is 0 Å². The van der Waals surface area contributed by atoms with Crippen molar-refractivity contribution in [3.8, 4) is 0 Å². The average molecular weight is 529 g/mol. The van der Waals surface area contributed by atoms with E-state index in [2.05, 4.69) is 48.5 Å². The number of rotatable bonds is 5. The summed E-state index contributed by atoms with van der Waals surface area (Å²) in [4.78, 5) is 25.4. The number of carbonyl (C=O) groups excluding carboxylic acids is 1. The van der Waals surface area contributed by atoms with Gasteiger partial charge in [0.15, 0.2) is 0 Å². The Bertz CT molecular complexity index is 954. The van der Waals surface area contributed by atoms with Crippen LogP contribution in [-0.2, 0) is 14.3 Å². The zero-order chi connectivity index (χ0) is 27.9. The molecule has 0 aliphatic heterocycles. The van der Waals surface area contributed by atoms with Crippen LogP contribution in [0.4, 0.5) is 0 Å². The molecule has 5 aliphatic rings. The lowest BCUT2D eigenvalue weighted by Crippen LogP contribution is -2.67. The van der Waals surface area contributed by atoms with Gasteiger partial charge in [0.25, 0.3) is 0 Å². The molecule has 0 aromatic carbocycles. The number of ether oxygens (including phenoxy) is 1. The van der Waals surface area contributed by atoms with Gasteiger partial charge in [0.1, 0.15) is 6.10 Å². The Kier molecular flexibility index (Phi) is 6.92. The minimum atomic E-state index is -0.506. The molecule has 10 atom stereocenters. The highest BCUT2D eigenvalue weighted by molar-refractivity contribution is 5.76. The van der Waals surface area contributed by atoms with Gasteiger partial charge >= 0.3 is 11.9 Å². The second-order valence-corrected chi connectivity index (χ2v) is 16.2. The maximum atomic E-state index is 12.9. The number of aliphatic carboxylic acids is 1. The summed E-state index contributed by atoms with van der Waals surface area (Å²) in [5.41, 5.74) is 0.157. The normalized spacial score (nSPS) is 49.4. The summed E-state index contributed by atoms with van der Waals surface area (Å²) in [6.45, 7) is 19.3. The maximum Gasteiger partial charge on any atom is 0.309 e. The number of carboxylic acids is 1. The van der Waals surface area contributed by atoms with Crippen molar-refractivity contribution in [2.75, 3.05) is 0 Å². The molecule has 0 radical (unpaired) electrons. The molecular formula is C34H56O4. The van der Waals surface area contributed by atoms with Gasteiger partial charge in [-0.2, -0.15) is 0 Å². The Balaban J connectivity index is 1.47. The topological polar surface area (TPSA) is 63.6 Å². The number of carbonyl (C=O) groups is 2. The predicted octanol–water partition coefficient (Wildman–Crippen LogP) is 8.52. The molecule has 0 saturated heterocycles. The van der Waals surface area contributed by atoms with E-state index in [1.165, 1.54) is 25.7 Å². The summed E-state index contributed by atoms with van der Waals surface area (Å²) >= 11 is 0. The highest BCUT2D eigenvalue weighted by Crippen LogP contribution is 2.77. The van der Waals surface area contributed by atoms with Crippen LogP contribution >= 0.6 is 0 Å². The summed E-state index contributed by atoms with van der Waals surface area (Å²) in [6.07, 6.45) is 12.3. The van der Waals surface area contributed by atoms with E-state index < -0.39 is 11.4 Å². The van der Waals surface area contributed by atoms with Gasteiger partial charge in [-0.15, -0.1) is 0 Å². The van der Waals surface area contributed by atoms with Gasteiger partial charge in [0, 0.05) is 11.8 Å². The van der Waals surface area contributed by atoms with E-state index in [0.717, 1.165) is 44.9 Å². The van der Waals surface area contributed by atoms with Crippen LogP contribution < -0.4 is 0 Å². The van der Waals surface area contributed by atoms with Crippen molar-refractivity contribution >= 4 is 11.9 Å². The Morgan fingerprint density at radius 1 is 0.842 bits per heavy atom. The van der Waals surface area contributed by atoms with Crippen molar-refractivity contribution in [3.05, 3.63) is 0 Å². The van der Waals surface area contributed by atoms with Crippen LogP contribution in [0.15, 0.2) is 0 Å². The molecule has 1 N–H and O–H groups in total. The fourth-order valence-electron chi connectivity index (χ4n) is 12.4. The summed E-state index contributed by atoms with van der Waals surface area (Å²) in [5.74, 6) is 2.60. The predicted molar refractivity (Wildman–Crippen MR) is 151 cm³/mol. The van der Waals surface area contributed by atoms with Gasteiger partial charge in [0.05, 0.1) is 5.41 Å². The minimum Gasteiger partial charge on any atom is -0.481 e. The fraction of sp³-hybridized carbons (Fsp3) is 0.941. The molecule has 0 amide bonds. The van der Waals surface area contributed by atoms with Crippen molar-refractivity contribution in [2.45, 2.75) is 139 Å². The molecule has 0 spiro atoms. The van der Waals surface area contributed by atoms with E-state index >= 15 is 0 Å². The lowest BCUT2D eigenvalue weighted by atomic mass is 9.32. The third kappa shape index (κ3) is 3.65. The zero-order valence-corrected chi connectivity index (χ0v) is 25.7. The molecule has 3 unspecified atom stereocenters. The van der Waals surface area contributed by atoms with Gasteiger partial charge in [-0.3, -0.25) is 9.59 Å². The highest BCUT2D eigenvalue weighted by atomic mass is 16.5. The van der Waals surface area contributed by atoms with E-state index in [1.807, 2.05) is 6.92 Å². The van der Waals surface area contributed by atoms with Crippen LogP contribution in [0.5, 0.6) is 0 Å². The van der Waals surface area contributed by atoms with E-state index in [1.54, 1.807) is 0 Å². The van der Waals surface area contributed by atoms with E-state index in [0.29, 0.717) is 41.9 Å². The van der Waals surface area contributed by atoms with Crippen molar-refractivity contribution in [2.24, 2.45) is 62.6 Å². The molecule has 4 nitrogen and oxygen atoms in total. The molecule has 5 saturated carbocycles. The first-order chi connectivity index (χ1) is 17.7. The lowest BCUT2D eigenvalue weighted by molar-refractivity contribution is -0.251. The molecule has 0 aromatic rings. The maximum absolute atomic E-state index is 12.9. The monoisotopic (exact) mass is 528 g/mol. The minimum absolute atomic E-state index is 0.0191. The van der Waals surface area contributed by atoms with Gasteiger partial charge in [-0.05, 0) is 122 Å². The van der Waals surface area contributed by atoms with E-state index in [4.69, 9.17) is 4.74 Å². The second-order valence-electron chi connectivity index (χ2n) is 16.2. The molecule has 0 aromatic heterocycles. The molecule has 38 heavy (non-hydrogen) atoms. The summed E-state index contributed by atoms with van der Waals surface area (Å²) in [6, 6.07) is 0. The molecule has 5 fully saturated rings. The Labute approximate surface area is 232 Å². The lowest BCUT2D eigenvalue weighted by Gasteiger charge is -2.72. The second kappa shape index (κ2) is 9.23. The van der Waals surface area contributed by atoms with Crippen molar-refractivity contribution in [1.82, 2.24) is 0 Å². The molecule has 5 aliphatic carbocycles. The average Bonchev–Trinajstić information content (AvgIpc) is 3.23. The van der Waals surface area contributed by atoms with Gasteiger partial charge in [-0.25, -0.2) is 0 Å². The molecule has 5 rings (SSSR count). The highest BCUT2D eigenvalue weighted by Gasteiger charge is 2.72. The Morgan fingerprint density at radius 3 is 2.18 bits per heavy atom. The Hall–Kier alpha value is -1.06. The van der Waals surface area contributed by atoms with Crippen LogP contribution in [0.2, 0.25) is 0 Å². The first-order valence-corrected chi connectivity index (χ1v) is 16.1. The van der Waals surface area contributed by atoms with Gasteiger partial charge in [-0.1, -0.05) is 55.4 Å². The summed E-state index contributed by atoms with van der Waals surface area (Å²) < 4.78 is 6.13. The number of hydrogen-bond acceptors (Lipinski definition) is 3. The third-order valence-electron chi connectivity index (χ3n) is 14.4. The quantitative estimate of drug-likeness (QED) is 0.363. The SMILES string of the molecule is CCCC(=O)O[C@@H]1CC[C@@]2(C)C(CC[C@]3(C)C2CCC2[C@@H]4[C@H](C(C)C)CC[C@]4(C(=O)O)CC[C@]23C)C1(C)C. The van der Waals surface area contributed by atoms with Gasteiger partial charge in [0.2, 0.25) is 0 Å². The van der Waals surface area contributed by atoms with Crippen molar-refractivity contribution in [3.63, 3.8) is 0 Å². The Morgan fingerprint density at radius 2 is 1.55 bits per heavy atom. The van der Waals surface area contributed by atoms with E-state index in [9.17, 15) is 14.7 Å². The number of carboxylic acid groups (broad SMARTS) is 1. The smallest absolute Gasteiger partial charge is 0.309 e. The molecule has 0 heterocycles. The first-order valence-electron chi connectivity index (χ1n) is 16.1. The van der Waals surface area contributed by atoms with Gasteiger partial charge < -0.3 is 9.84 Å². The standard InChI is InChI=1S/C34H56O4/c1-9-10-27(35)38-26-15-16-31(6)24(30(26,4)5)14-17-33(8)25(31)12-11-23-28-22(21(2)3)13-18-34(28,29(36)37)20-19-32(23,33)7/h21-26,28H,9-20H2,1-8H3,(H,36,37)/t22-,23?,24?,25?,26+,28-,31-,32+,33+,34-/m0/s1. The summed E-state index contributed by atoms with van der Waals surface area (Å²) in [5, 5.41) is 10.6. The first kappa shape index (κ1) is 28.5. The van der Waals surface area contributed by atoms with E-state index in [-0.39, 0.29) is 33.7 Å². The zero-order valence-electron chi connectivity index (χ0n) is 25.7. The number of hydrogen-bond donors (Lipinski definition) is 1. The molecule has 4 heteroatoms. The summed E-state index contributed by atoms with van der Waals surface area (Å²) in [7, 11) is 0.